The molecule has 27 heavy (non-hydrogen) atoms. The Hall–Kier alpha value is -3.46. The third kappa shape index (κ3) is 4.39. The number of hydrogen-bond acceptors (Lipinski definition) is 8. The predicted octanol–water partition coefficient (Wildman–Crippen LogP) is 3.51. The summed E-state index contributed by atoms with van der Waals surface area (Å²) in [4.78, 5) is 28.8. The number of thiazole rings is 1. The highest BCUT2D eigenvalue weighted by atomic mass is 32.1. The molecule has 0 aliphatic heterocycles. The van der Waals surface area contributed by atoms with Gasteiger partial charge in [-0.3, -0.25) is 14.9 Å². The zero-order valence-electron chi connectivity index (χ0n) is 14.6. The van der Waals surface area contributed by atoms with Crippen LogP contribution in [0.25, 0.3) is 0 Å². The van der Waals surface area contributed by atoms with Crippen LogP contribution in [0.15, 0.2) is 52.6 Å². The molecule has 2 aromatic heterocycles. The Morgan fingerprint density at radius 3 is 2.70 bits per heavy atom. The lowest BCUT2D eigenvalue weighted by Crippen LogP contribution is -2.16. The fourth-order valence-electron chi connectivity index (χ4n) is 2.23. The normalized spacial score (nSPS) is 10.7. The highest BCUT2D eigenvalue weighted by Crippen LogP contribution is 2.19. The van der Waals surface area contributed by atoms with Gasteiger partial charge < -0.3 is 14.6 Å². The van der Waals surface area contributed by atoms with Gasteiger partial charge in [-0.15, -0.1) is 11.3 Å². The largest absolute Gasteiger partial charge is 0.497 e. The predicted molar refractivity (Wildman–Crippen MR) is 101 cm³/mol. The molecular formula is C18H16N4O4S. The summed E-state index contributed by atoms with van der Waals surface area (Å²) in [5, 5.41) is 11.5. The number of anilines is 2. The average molecular weight is 384 g/mol. The van der Waals surface area contributed by atoms with Gasteiger partial charge in [-0.25, -0.2) is 4.98 Å². The van der Waals surface area contributed by atoms with Crippen LogP contribution in [0.1, 0.15) is 26.6 Å². The van der Waals surface area contributed by atoms with E-state index in [9.17, 15) is 9.59 Å². The van der Waals surface area contributed by atoms with Crippen molar-refractivity contribution in [3.63, 3.8) is 0 Å². The summed E-state index contributed by atoms with van der Waals surface area (Å²) in [6.07, 6.45) is 4.32. The van der Waals surface area contributed by atoms with Crippen molar-refractivity contribution in [2.45, 2.75) is 6.92 Å². The van der Waals surface area contributed by atoms with Crippen molar-refractivity contribution in [1.29, 1.82) is 0 Å². The first-order valence-corrected chi connectivity index (χ1v) is 8.75. The van der Waals surface area contributed by atoms with Crippen LogP contribution in [0.2, 0.25) is 0 Å². The van der Waals surface area contributed by atoms with Crippen LogP contribution < -0.4 is 15.4 Å². The standard InChI is InChI=1S/C18H16N4O4S/c1-11-15(17(24)21-18-20-9-10-27-18)16(22-26-11)14(23)7-8-19-12-3-5-13(25-2)6-4-12/h3-10,19H,1-2H3,(H,20,21,24). The zero-order valence-corrected chi connectivity index (χ0v) is 15.4. The maximum absolute atomic E-state index is 12.4. The molecule has 3 rings (SSSR count). The number of benzene rings is 1. The molecule has 0 radical (unpaired) electrons. The van der Waals surface area contributed by atoms with E-state index in [0.29, 0.717) is 5.13 Å². The summed E-state index contributed by atoms with van der Waals surface area (Å²) >= 11 is 1.27. The first-order valence-electron chi connectivity index (χ1n) is 7.87. The second-order valence-corrected chi connectivity index (χ2v) is 6.22. The van der Waals surface area contributed by atoms with E-state index in [1.165, 1.54) is 23.6 Å². The van der Waals surface area contributed by atoms with Gasteiger partial charge in [0, 0.05) is 29.5 Å². The van der Waals surface area contributed by atoms with E-state index in [1.807, 2.05) is 0 Å². The number of aromatic nitrogens is 2. The van der Waals surface area contributed by atoms with Gasteiger partial charge in [0.15, 0.2) is 10.8 Å². The second-order valence-electron chi connectivity index (χ2n) is 5.32. The Kier molecular flexibility index (Phi) is 5.62. The Bertz CT molecular complexity index is 962. The lowest BCUT2D eigenvalue weighted by molar-refractivity contribution is 0.0997. The highest BCUT2D eigenvalue weighted by molar-refractivity contribution is 7.13. The number of allylic oxidation sites excluding steroid dienone is 1. The van der Waals surface area contributed by atoms with Gasteiger partial charge in [0.1, 0.15) is 17.1 Å². The molecule has 3 aromatic rings. The third-order valence-corrected chi connectivity index (χ3v) is 4.24. The average Bonchev–Trinajstić information content (AvgIpc) is 3.31. The second kappa shape index (κ2) is 8.28. The number of carbonyl (C=O) groups excluding carboxylic acids is 2. The number of nitrogens with zero attached hydrogens (tertiary/aromatic N) is 2. The van der Waals surface area contributed by atoms with E-state index < -0.39 is 11.7 Å². The third-order valence-electron chi connectivity index (χ3n) is 3.55. The molecular weight excluding hydrogens is 368 g/mol. The monoisotopic (exact) mass is 384 g/mol. The van der Waals surface area contributed by atoms with Gasteiger partial charge in [0.25, 0.3) is 5.91 Å². The molecule has 0 spiro atoms. The van der Waals surface area contributed by atoms with Crippen LogP contribution in [0.4, 0.5) is 10.8 Å². The number of ether oxygens (including phenoxy) is 1. The minimum Gasteiger partial charge on any atom is -0.497 e. The van der Waals surface area contributed by atoms with Gasteiger partial charge >= 0.3 is 0 Å². The maximum atomic E-state index is 12.4. The van der Waals surface area contributed by atoms with Crippen LogP contribution in [0.5, 0.6) is 5.75 Å². The van der Waals surface area contributed by atoms with Crippen molar-refractivity contribution in [2.75, 3.05) is 17.7 Å². The van der Waals surface area contributed by atoms with Crippen molar-refractivity contribution in [3.8, 4) is 5.75 Å². The quantitative estimate of drug-likeness (QED) is 0.474. The van der Waals surface area contributed by atoms with Gasteiger partial charge in [-0.1, -0.05) is 5.16 Å². The van der Waals surface area contributed by atoms with E-state index in [2.05, 4.69) is 20.8 Å². The number of methoxy groups -OCH3 is 1. The molecule has 1 aromatic carbocycles. The fraction of sp³-hybridized carbons (Fsp3) is 0.111. The molecule has 0 fully saturated rings. The summed E-state index contributed by atoms with van der Waals surface area (Å²) in [6, 6.07) is 7.20. The van der Waals surface area contributed by atoms with Crippen molar-refractivity contribution in [2.24, 2.45) is 0 Å². The van der Waals surface area contributed by atoms with E-state index in [4.69, 9.17) is 9.26 Å². The van der Waals surface area contributed by atoms with Crippen molar-refractivity contribution in [3.05, 3.63) is 65.1 Å². The van der Waals surface area contributed by atoms with Gasteiger partial charge in [0.05, 0.1) is 7.11 Å². The first kappa shape index (κ1) is 18.3. The molecule has 0 bridgehead atoms. The Balaban J connectivity index is 1.70. The molecule has 0 aliphatic carbocycles. The first-order chi connectivity index (χ1) is 13.1. The molecule has 0 atom stereocenters. The smallest absolute Gasteiger partial charge is 0.263 e. The number of hydrogen-bond donors (Lipinski definition) is 2. The summed E-state index contributed by atoms with van der Waals surface area (Å²) in [5.74, 6) is 0.0270. The fourth-order valence-corrected chi connectivity index (χ4v) is 2.76. The van der Waals surface area contributed by atoms with Gasteiger partial charge in [0.2, 0.25) is 5.78 Å². The summed E-state index contributed by atoms with van der Waals surface area (Å²) in [7, 11) is 1.59. The summed E-state index contributed by atoms with van der Waals surface area (Å²) in [6.45, 7) is 1.57. The molecule has 0 aliphatic rings. The lowest BCUT2D eigenvalue weighted by atomic mass is 10.1. The number of amides is 1. The number of ketones is 1. The Morgan fingerprint density at radius 2 is 2.04 bits per heavy atom. The SMILES string of the molecule is COc1ccc(NC=CC(=O)c2noc(C)c2C(=O)Nc2nccs2)cc1. The van der Waals surface area contributed by atoms with Crippen molar-refractivity contribution < 1.29 is 18.8 Å². The minimum atomic E-state index is -0.497. The van der Waals surface area contributed by atoms with E-state index in [-0.39, 0.29) is 17.0 Å². The van der Waals surface area contributed by atoms with Crippen LogP contribution >= 0.6 is 11.3 Å². The molecule has 0 unspecified atom stereocenters. The van der Waals surface area contributed by atoms with Crippen LogP contribution in [-0.4, -0.2) is 28.9 Å². The molecule has 0 saturated carbocycles. The zero-order chi connectivity index (χ0) is 19.2. The van der Waals surface area contributed by atoms with Gasteiger partial charge in [-0.05, 0) is 31.2 Å². The molecule has 1 amide bonds. The minimum absolute atomic E-state index is 0.0608. The molecule has 8 nitrogen and oxygen atoms in total. The molecule has 2 N–H and O–H groups in total. The number of aryl methyl sites for hydroxylation is 1. The summed E-state index contributed by atoms with van der Waals surface area (Å²) in [5.41, 5.74) is 0.802. The maximum Gasteiger partial charge on any atom is 0.263 e. The number of nitrogens with one attached hydrogen (secondary N) is 2. The Morgan fingerprint density at radius 1 is 1.26 bits per heavy atom. The number of rotatable bonds is 7. The highest BCUT2D eigenvalue weighted by Gasteiger charge is 2.24. The van der Waals surface area contributed by atoms with Crippen molar-refractivity contribution >= 4 is 33.8 Å². The van der Waals surface area contributed by atoms with E-state index >= 15 is 0 Å². The van der Waals surface area contributed by atoms with Gasteiger partial charge in [-0.2, -0.15) is 0 Å². The topological polar surface area (TPSA) is 106 Å². The van der Waals surface area contributed by atoms with Crippen LogP contribution in [0.3, 0.4) is 0 Å². The molecule has 2 heterocycles. The molecule has 9 heteroatoms. The number of carbonyl (C=O) groups is 2. The molecule has 0 saturated heterocycles. The van der Waals surface area contributed by atoms with Crippen molar-refractivity contribution in [1.82, 2.24) is 10.1 Å². The van der Waals surface area contributed by atoms with E-state index in [1.54, 1.807) is 49.9 Å². The molecule has 138 valence electrons. The van der Waals surface area contributed by atoms with E-state index in [0.717, 1.165) is 11.4 Å². The van der Waals surface area contributed by atoms with Crippen LogP contribution in [-0.2, 0) is 0 Å². The Labute approximate surface area is 158 Å². The lowest BCUT2D eigenvalue weighted by Gasteiger charge is -2.03. The van der Waals surface area contributed by atoms with Crippen LogP contribution in [0, 0.1) is 6.92 Å². The summed E-state index contributed by atoms with van der Waals surface area (Å²) < 4.78 is 10.1.